The van der Waals surface area contributed by atoms with Crippen molar-refractivity contribution in [2.75, 3.05) is 13.6 Å². The van der Waals surface area contributed by atoms with E-state index >= 15 is 0 Å². The predicted octanol–water partition coefficient (Wildman–Crippen LogP) is 4.28. The van der Waals surface area contributed by atoms with E-state index in [4.69, 9.17) is 5.21 Å². The van der Waals surface area contributed by atoms with Gasteiger partial charge in [-0.25, -0.2) is 5.48 Å². The number of amides is 1. The number of hydroxylamine groups is 1. The fourth-order valence-electron chi connectivity index (χ4n) is 6.37. The molecule has 0 radical (unpaired) electrons. The summed E-state index contributed by atoms with van der Waals surface area (Å²) in [4.78, 5) is 13.6. The Kier molecular flexibility index (Phi) is 6.29. The number of hydrogen-bond donors (Lipinski definition) is 2. The lowest BCUT2D eigenvalue weighted by Crippen LogP contribution is -2.50. The number of nitrogens with zero attached hydrogens (tertiary/aromatic N) is 1. The van der Waals surface area contributed by atoms with Gasteiger partial charge in [0.25, 0.3) is 5.91 Å². The summed E-state index contributed by atoms with van der Waals surface area (Å²) in [6.45, 7) is 2.21. The van der Waals surface area contributed by atoms with E-state index in [-0.39, 0.29) is 12.4 Å². The largest absolute Gasteiger partial charge is 0.302 e. The molecule has 5 heteroatoms. The van der Waals surface area contributed by atoms with Crippen molar-refractivity contribution in [3.05, 3.63) is 41.5 Å². The molecule has 4 saturated carbocycles. The summed E-state index contributed by atoms with van der Waals surface area (Å²) < 4.78 is 0. The molecule has 1 amide bonds. The van der Waals surface area contributed by atoms with E-state index in [1.54, 1.807) is 11.6 Å². The van der Waals surface area contributed by atoms with Gasteiger partial charge >= 0.3 is 0 Å². The highest BCUT2D eigenvalue weighted by molar-refractivity contribution is 5.90. The lowest BCUT2D eigenvalue weighted by atomic mass is 9.49. The molecule has 2 N–H and O–H groups in total. The van der Waals surface area contributed by atoms with Crippen molar-refractivity contribution in [2.24, 2.45) is 23.2 Å². The first-order valence-electron chi connectivity index (χ1n) is 9.93. The van der Waals surface area contributed by atoms with Crippen molar-refractivity contribution in [1.82, 2.24) is 10.4 Å². The van der Waals surface area contributed by atoms with Gasteiger partial charge in [0.05, 0.1) is 0 Å². The molecule has 4 bridgehead atoms. The third kappa shape index (κ3) is 4.74. The molecule has 0 saturated heterocycles. The molecule has 4 aliphatic carbocycles. The molecule has 4 aliphatic rings. The molecular weight excluding hydrogens is 360 g/mol. The van der Waals surface area contributed by atoms with Gasteiger partial charge in [-0.15, -0.1) is 12.4 Å². The number of hydrogen-bond acceptors (Lipinski definition) is 3. The molecule has 1 aromatic carbocycles. The van der Waals surface area contributed by atoms with Crippen LogP contribution in [0.5, 0.6) is 0 Å². The second kappa shape index (κ2) is 8.34. The van der Waals surface area contributed by atoms with Crippen LogP contribution in [-0.2, 0) is 11.3 Å². The van der Waals surface area contributed by atoms with Crippen molar-refractivity contribution >= 4 is 24.4 Å². The zero-order chi connectivity index (χ0) is 18.1. The minimum atomic E-state index is -0.510. The van der Waals surface area contributed by atoms with Crippen LogP contribution in [0.15, 0.2) is 30.3 Å². The van der Waals surface area contributed by atoms with E-state index in [9.17, 15) is 4.79 Å². The molecule has 0 aromatic heterocycles. The molecule has 0 aliphatic heterocycles. The Morgan fingerprint density at radius 3 is 2.22 bits per heavy atom. The topological polar surface area (TPSA) is 52.6 Å². The van der Waals surface area contributed by atoms with Crippen LogP contribution in [-0.4, -0.2) is 29.6 Å². The van der Waals surface area contributed by atoms with Gasteiger partial charge in [-0.05, 0) is 85.9 Å². The van der Waals surface area contributed by atoms with E-state index in [0.717, 1.165) is 29.9 Å². The van der Waals surface area contributed by atoms with Gasteiger partial charge < -0.3 is 4.90 Å². The third-order valence-corrected chi connectivity index (χ3v) is 6.74. The van der Waals surface area contributed by atoms with E-state index in [2.05, 4.69) is 24.1 Å². The Morgan fingerprint density at radius 1 is 1.15 bits per heavy atom. The van der Waals surface area contributed by atoms with Crippen molar-refractivity contribution in [3.63, 3.8) is 0 Å². The summed E-state index contributed by atoms with van der Waals surface area (Å²) >= 11 is 0. The van der Waals surface area contributed by atoms with Crippen LogP contribution in [0.1, 0.15) is 49.7 Å². The molecule has 0 spiro atoms. The average molecular weight is 391 g/mol. The van der Waals surface area contributed by atoms with Gasteiger partial charge in [0.1, 0.15) is 0 Å². The number of nitrogens with one attached hydrogen (secondary N) is 1. The molecular formula is C22H31ClN2O2. The summed E-state index contributed by atoms with van der Waals surface area (Å²) in [6.07, 6.45) is 11.9. The summed E-state index contributed by atoms with van der Waals surface area (Å²) in [5.74, 6) is 2.52. The number of benzene rings is 1. The Bertz CT molecular complexity index is 651. The van der Waals surface area contributed by atoms with Gasteiger partial charge in [-0.3, -0.25) is 10.0 Å². The quantitative estimate of drug-likeness (QED) is 0.433. The van der Waals surface area contributed by atoms with Crippen molar-refractivity contribution in [1.29, 1.82) is 0 Å². The predicted molar refractivity (Wildman–Crippen MR) is 110 cm³/mol. The smallest absolute Gasteiger partial charge is 0.267 e. The highest BCUT2D eigenvalue weighted by Crippen LogP contribution is 2.60. The van der Waals surface area contributed by atoms with Gasteiger partial charge in [-0.1, -0.05) is 24.3 Å². The van der Waals surface area contributed by atoms with Crippen LogP contribution < -0.4 is 5.48 Å². The first-order valence-corrected chi connectivity index (χ1v) is 9.93. The summed E-state index contributed by atoms with van der Waals surface area (Å²) in [7, 11) is 2.26. The molecule has 5 rings (SSSR count). The Morgan fingerprint density at radius 2 is 1.70 bits per heavy atom. The van der Waals surface area contributed by atoms with Gasteiger partial charge in [0.15, 0.2) is 0 Å². The Hall–Kier alpha value is -1.36. The standard InChI is InChI=1S/C22H30N2O2.ClH/c1-24(14-17-4-2-16(3-5-17)6-7-21(25)23-26)15-22-11-18-8-19(12-22)10-20(9-18)13-22;/h2-7,18-20,26H,8-15H2,1H3,(H,23,25);1H/b7-6+;. The van der Waals surface area contributed by atoms with E-state index in [0.29, 0.717) is 5.41 Å². The van der Waals surface area contributed by atoms with E-state index < -0.39 is 5.91 Å². The third-order valence-electron chi connectivity index (χ3n) is 6.74. The normalized spacial score (nSPS) is 31.3. The zero-order valence-electron chi connectivity index (χ0n) is 16.1. The van der Waals surface area contributed by atoms with Crippen molar-refractivity contribution in [3.8, 4) is 0 Å². The van der Waals surface area contributed by atoms with Crippen LogP contribution in [0.4, 0.5) is 0 Å². The highest BCUT2D eigenvalue weighted by atomic mass is 35.5. The molecule has 1 aromatic rings. The Balaban J connectivity index is 0.00000210. The minimum absolute atomic E-state index is 0. The number of carbonyl (C=O) groups excluding carboxylic acids is 1. The summed E-state index contributed by atoms with van der Waals surface area (Å²) in [5, 5.41) is 8.52. The SMILES string of the molecule is CN(Cc1ccc(/C=C/C(=O)NO)cc1)CC12CC3CC(CC(C3)C1)C2.Cl. The summed E-state index contributed by atoms with van der Waals surface area (Å²) in [6, 6.07) is 8.31. The monoisotopic (exact) mass is 390 g/mol. The zero-order valence-corrected chi connectivity index (χ0v) is 16.9. The van der Waals surface area contributed by atoms with Crippen LogP contribution in [0, 0.1) is 23.2 Å². The van der Waals surface area contributed by atoms with Gasteiger partial charge in [0, 0.05) is 19.2 Å². The number of halogens is 1. The average Bonchev–Trinajstić information content (AvgIpc) is 2.59. The summed E-state index contributed by atoms with van der Waals surface area (Å²) in [5.41, 5.74) is 4.45. The molecule has 0 heterocycles. The molecule has 27 heavy (non-hydrogen) atoms. The number of carbonyl (C=O) groups is 1. The molecule has 148 valence electrons. The van der Waals surface area contributed by atoms with Gasteiger partial charge in [0.2, 0.25) is 0 Å². The first kappa shape index (κ1) is 20.4. The fourth-order valence-corrected chi connectivity index (χ4v) is 6.37. The first-order chi connectivity index (χ1) is 12.5. The maximum atomic E-state index is 11.0. The fraction of sp³-hybridized carbons (Fsp3) is 0.591. The lowest BCUT2D eigenvalue weighted by molar-refractivity contribution is -0.124. The molecule has 0 unspecified atom stereocenters. The van der Waals surface area contributed by atoms with Crippen molar-refractivity contribution < 1.29 is 10.0 Å². The van der Waals surface area contributed by atoms with Crippen LogP contribution in [0.2, 0.25) is 0 Å². The number of rotatable bonds is 6. The molecule has 4 fully saturated rings. The maximum Gasteiger partial charge on any atom is 0.267 e. The Labute approximate surface area is 168 Å². The van der Waals surface area contributed by atoms with Gasteiger partial charge in [-0.2, -0.15) is 0 Å². The highest BCUT2D eigenvalue weighted by Gasteiger charge is 2.50. The second-order valence-corrected chi connectivity index (χ2v) is 9.14. The van der Waals surface area contributed by atoms with Crippen LogP contribution >= 0.6 is 12.4 Å². The van der Waals surface area contributed by atoms with Crippen molar-refractivity contribution in [2.45, 2.75) is 45.1 Å². The van der Waals surface area contributed by atoms with E-state index in [1.165, 1.54) is 56.7 Å². The lowest BCUT2D eigenvalue weighted by Gasteiger charge is -2.57. The van der Waals surface area contributed by atoms with Crippen LogP contribution in [0.25, 0.3) is 6.08 Å². The second-order valence-electron chi connectivity index (χ2n) is 9.14. The van der Waals surface area contributed by atoms with Crippen LogP contribution in [0.3, 0.4) is 0 Å². The molecule has 4 nitrogen and oxygen atoms in total. The molecule has 0 atom stereocenters. The maximum absolute atomic E-state index is 11.0. The minimum Gasteiger partial charge on any atom is -0.302 e. The van der Waals surface area contributed by atoms with E-state index in [1.807, 2.05) is 12.1 Å².